The van der Waals surface area contributed by atoms with Crippen molar-refractivity contribution in [2.24, 2.45) is 0 Å². The second kappa shape index (κ2) is 10.4. The van der Waals surface area contributed by atoms with Crippen molar-refractivity contribution in [3.63, 3.8) is 0 Å². The highest BCUT2D eigenvalue weighted by Crippen LogP contribution is 2.12. The molecule has 0 radical (unpaired) electrons. The molecule has 1 heteroatoms. The summed E-state index contributed by atoms with van der Waals surface area (Å²) < 4.78 is 5.32. The molecule has 0 aliphatic heterocycles. The van der Waals surface area contributed by atoms with Gasteiger partial charge >= 0.3 is 0 Å². The molecular weight excluding hydrogens is 208 g/mol. The van der Waals surface area contributed by atoms with Crippen LogP contribution in [0.4, 0.5) is 0 Å². The summed E-state index contributed by atoms with van der Waals surface area (Å²) in [6.45, 7) is 2.28. The number of aryl methyl sites for hydroxylation is 1. The van der Waals surface area contributed by atoms with Gasteiger partial charge < -0.3 is 4.42 Å². The molecule has 0 saturated heterocycles. The zero-order valence-corrected chi connectivity index (χ0v) is 11.4. The van der Waals surface area contributed by atoms with E-state index in [9.17, 15) is 0 Å². The summed E-state index contributed by atoms with van der Waals surface area (Å²) in [5.41, 5.74) is 0. The molecule has 0 fully saturated rings. The van der Waals surface area contributed by atoms with Crippen molar-refractivity contribution in [3.05, 3.63) is 24.2 Å². The van der Waals surface area contributed by atoms with Crippen molar-refractivity contribution in [3.8, 4) is 0 Å². The van der Waals surface area contributed by atoms with Gasteiger partial charge in [0.05, 0.1) is 6.26 Å². The zero-order valence-electron chi connectivity index (χ0n) is 11.4. The van der Waals surface area contributed by atoms with E-state index in [-0.39, 0.29) is 0 Å². The van der Waals surface area contributed by atoms with Gasteiger partial charge in [-0.2, -0.15) is 0 Å². The van der Waals surface area contributed by atoms with Crippen LogP contribution in [0.5, 0.6) is 0 Å². The molecule has 0 bridgehead atoms. The quantitative estimate of drug-likeness (QED) is 0.446. The van der Waals surface area contributed by atoms with Crippen LogP contribution in [-0.2, 0) is 6.42 Å². The van der Waals surface area contributed by atoms with Gasteiger partial charge in [0.25, 0.3) is 0 Å². The van der Waals surface area contributed by atoms with Gasteiger partial charge in [-0.15, -0.1) is 0 Å². The van der Waals surface area contributed by atoms with Crippen molar-refractivity contribution in [2.45, 2.75) is 77.6 Å². The predicted molar refractivity (Wildman–Crippen MR) is 74.3 cm³/mol. The summed E-state index contributed by atoms with van der Waals surface area (Å²) in [6, 6.07) is 4.05. The van der Waals surface area contributed by atoms with Gasteiger partial charge in [-0.05, 0) is 18.6 Å². The van der Waals surface area contributed by atoms with E-state index >= 15 is 0 Å². The van der Waals surface area contributed by atoms with Crippen molar-refractivity contribution < 1.29 is 4.42 Å². The van der Waals surface area contributed by atoms with Crippen LogP contribution < -0.4 is 0 Å². The third kappa shape index (κ3) is 8.06. The average Bonchev–Trinajstić information content (AvgIpc) is 2.85. The predicted octanol–water partition coefficient (Wildman–Crippen LogP) is 5.74. The van der Waals surface area contributed by atoms with E-state index in [1.807, 2.05) is 6.07 Å². The Bertz CT molecular complexity index is 238. The zero-order chi connectivity index (χ0) is 12.2. The van der Waals surface area contributed by atoms with E-state index in [0.717, 1.165) is 12.2 Å². The molecule has 0 amide bonds. The molecule has 1 aromatic heterocycles. The molecule has 1 nitrogen and oxygen atoms in total. The van der Waals surface area contributed by atoms with Crippen LogP contribution in [-0.4, -0.2) is 0 Å². The van der Waals surface area contributed by atoms with Gasteiger partial charge in [-0.3, -0.25) is 0 Å². The van der Waals surface area contributed by atoms with Crippen molar-refractivity contribution in [1.29, 1.82) is 0 Å². The third-order valence-corrected chi connectivity index (χ3v) is 3.36. The Labute approximate surface area is 107 Å². The maximum atomic E-state index is 5.32. The molecule has 0 saturated carbocycles. The van der Waals surface area contributed by atoms with Crippen molar-refractivity contribution in [2.75, 3.05) is 0 Å². The molecule has 0 unspecified atom stereocenters. The minimum Gasteiger partial charge on any atom is -0.469 e. The molecule has 0 aliphatic carbocycles. The van der Waals surface area contributed by atoms with E-state index in [0.29, 0.717) is 0 Å². The summed E-state index contributed by atoms with van der Waals surface area (Å²) in [5, 5.41) is 0. The van der Waals surface area contributed by atoms with Gasteiger partial charge in [-0.1, -0.05) is 64.7 Å². The summed E-state index contributed by atoms with van der Waals surface area (Å²) in [7, 11) is 0. The summed E-state index contributed by atoms with van der Waals surface area (Å²) in [4.78, 5) is 0. The number of unbranched alkanes of at least 4 members (excludes halogenated alkanes) is 9. The van der Waals surface area contributed by atoms with E-state index in [4.69, 9.17) is 4.42 Å². The molecule has 0 N–H and O–H groups in total. The average molecular weight is 236 g/mol. The summed E-state index contributed by atoms with van der Waals surface area (Å²) in [5.74, 6) is 1.14. The molecule has 0 spiro atoms. The van der Waals surface area contributed by atoms with Gasteiger partial charge in [0.15, 0.2) is 0 Å². The number of hydrogen-bond donors (Lipinski definition) is 0. The molecule has 0 aliphatic rings. The fourth-order valence-corrected chi connectivity index (χ4v) is 2.24. The van der Waals surface area contributed by atoms with Crippen molar-refractivity contribution >= 4 is 0 Å². The molecular formula is C16H28O. The molecule has 1 heterocycles. The lowest BCUT2D eigenvalue weighted by Gasteiger charge is -2.01. The molecule has 0 atom stereocenters. The molecule has 0 aromatic carbocycles. The number of furan rings is 1. The number of rotatable bonds is 11. The van der Waals surface area contributed by atoms with Crippen LogP contribution in [0.3, 0.4) is 0 Å². The first-order valence-electron chi connectivity index (χ1n) is 7.46. The van der Waals surface area contributed by atoms with Crippen molar-refractivity contribution in [1.82, 2.24) is 0 Å². The first-order valence-corrected chi connectivity index (χ1v) is 7.46. The van der Waals surface area contributed by atoms with E-state index in [2.05, 4.69) is 13.0 Å². The van der Waals surface area contributed by atoms with Crippen LogP contribution in [0.25, 0.3) is 0 Å². The smallest absolute Gasteiger partial charge is 0.103 e. The summed E-state index contributed by atoms with van der Waals surface area (Å²) >= 11 is 0. The Hall–Kier alpha value is -0.720. The normalized spacial score (nSPS) is 10.9. The molecule has 1 aromatic rings. The second-order valence-electron chi connectivity index (χ2n) is 5.01. The second-order valence-corrected chi connectivity index (χ2v) is 5.01. The van der Waals surface area contributed by atoms with E-state index in [1.54, 1.807) is 6.26 Å². The van der Waals surface area contributed by atoms with Gasteiger partial charge in [0.1, 0.15) is 5.76 Å². The molecule has 1 rings (SSSR count). The maximum Gasteiger partial charge on any atom is 0.103 e. The van der Waals surface area contributed by atoms with Gasteiger partial charge in [0, 0.05) is 6.42 Å². The standard InChI is InChI=1S/C16H28O/c1-2-3-4-5-6-7-8-9-10-11-13-16-14-12-15-17-16/h12,14-15H,2-11,13H2,1H3. The Morgan fingerprint density at radius 2 is 1.41 bits per heavy atom. The highest BCUT2D eigenvalue weighted by molar-refractivity contribution is 4.97. The Morgan fingerprint density at radius 1 is 0.824 bits per heavy atom. The Balaban J connectivity index is 1.76. The fourth-order valence-electron chi connectivity index (χ4n) is 2.24. The van der Waals surface area contributed by atoms with Crippen LogP contribution in [0.1, 0.15) is 76.9 Å². The summed E-state index contributed by atoms with van der Waals surface area (Å²) in [6.07, 6.45) is 16.9. The minimum absolute atomic E-state index is 1.11. The van der Waals surface area contributed by atoms with Crippen LogP contribution in [0.15, 0.2) is 22.8 Å². The first kappa shape index (κ1) is 14.3. The lowest BCUT2D eigenvalue weighted by molar-refractivity contribution is 0.489. The monoisotopic (exact) mass is 236 g/mol. The van der Waals surface area contributed by atoms with E-state index in [1.165, 1.54) is 64.2 Å². The molecule has 17 heavy (non-hydrogen) atoms. The lowest BCUT2D eigenvalue weighted by Crippen LogP contribution is -1.84. The van der Waals surface area contributed by atoms with Gasteiger partial charge in [-0.25, -0.2) is 0 Å². The van der Waals surface area contributed by atoms with Crippen LogP contribution in [0, 0.1) is 0 Å². The Morgan fingerprint density at radius 3 is 1.94 bits per heavy atom. The largest absolute Gasteiger partial charge is 0.469 e. The van der Waals surface area contributed by atoms with Gasteiger partial charge in [0.2, 0.25) is 0 Å². The molecule has 98 valence electrons. The highest BCUT2D eigenvalue weighted by atomic mass is 16.3. The van der Waals surface area contributed by atoms with Crippen LogP contribution >= 0.6 is 0 Å². The fraction of sp³-hybridized carbons (Fsp3) is 0.750. The van der Waals surface area contributed by atoms with E-state index < -0.39 is 0 Å². The minimum atomic E-state index is 1.11. The topological polar surface area (TPSA) is 13.1 Å². The van der Waals surface area contributed by atoms with Crippen LogP contribution in [0.2, 0.25) is 0 Å². The third-order valence-electron chi connectivity index (χ3n) is 3.36. The SMILES string of the molecule is CCCCCCCCCCCCc1ccco1. The first-order chi connectivity index (χ1) is 8.43. The number of hydrogen-bond acceptors (Lipinski definition) is 1. The Kier molecular flexibility index (Phi) is 8.80. The highest BCUT2D eigenvalue weighted by Gasteiger charge is 1.96. The maximum absolute atomic E-state index is 5.32. The lowest BCUT2D eigenvalue weighted by atomic mass is 10.1.